The molecule has 1 aliphatic heterocycles. The molecule has 0 atom stereocenters. The molecule has 0 fully saturated rings. The van der Waals surface area contributed by atoms with Gasteiger partial charge in [-0.15, -0.1) is 0 Å². The van der Waals surface area contributed by atoms with Gasteiger partial charge in [0.05, 0.1) is 28.5 Å². The molecule has 6 nitrogen and oxygen atoms in total. The van der Waals surface area contributed by atoms with Crippen LogP contribution in [0.3, 0.4) is 0 Å². The fourth-order valence-electron chi connectivity index (χ4n) is 3.72. The number of aromatic nitrogens is 3. The Bertz CT molecular complexity index is 1300. The van der Waals surface area contributed by atoms with Crippen molar-refractivity contribution >= 4 is 34.3 Å². The zero-order chi connectivity index (χ0) is 20.5. The Hall–Kier alpha value is -3.45. The van der Waals surface area contributed by atoms with Crippen molar-refractivity contribution in [2.24, 2.45) is 0 Å². The van der Waals surface area contributed by atoms with Crippen LogP contribution in [0.5, 0.6) is 0 Å². The summed E-state index contributed by atoms with van der Waals surface area (Å²) in [5, 5.41) is 1.01. The van der Waals surface area contributed by atoms with E-state index in [0.29, 0.717) is 28.3 Å². The fourth-order valence-corrected chi connectivity index (χ4v) is 4.61. The van der Waals surface area contributed by atoms with Gasteiger partial charge in [-0.05, 0) is 42.3 Å². The summed E-state index contributed by atoms with van der Waals surface area (Å²) in [5.41, 5.74) is 3.23. The van der Waals surface area contributed by atoms with Crippen molar-refractivity contribution in [2.45, 2.75) is 11.6 Å². The number of anilines is 1. The molecule has 0 saturated heterocycles. The lowest BCUT2D eigenvalue weighted by atomic mass is 10.2. The molecular weight excluding hydrogens is 396 g/mol. The minimum absolute atomic E-state index is 0.00472. The van der Waals surface area contributed by atoms with Gasteiger partial charge in [-0.1, -0.05) is 42.1 Å². The molecule has 0 unspecified atom stereocenters. The van der Waals surface area contributed by atoms with E-state index in [2.05, 4.69) is 16.0 Å². The number of pyridine rings is 1. The molecule has 1 amide bonds. The van der Waals surface area contributed by atoms with E-state index in [1.54, 1.807) is 24.5 Å². The second-order valence-corrected chi connectivity index (χ2v) is 7.92. The summed E-state index contributed by atoms with van der Waals surface area (Å²) in [7, 11) is 0. The molecule has 0 bridgehead atoms. The second kappa shape index (κ2) is 7.76. The summed E-state index contributed by atoms with van der Waals surface area (Å²) in [6.45, 7) is 0.680. The predicted molar refractivity (Wildman–Crippen MR) is 118 cm³/mol. The number of carbonyl (C=O) groups excluding carboxylic acids is 1. The third-order valence-electron chi connectivity index (χ3n) is 5.16. The second-order valence-electron chi connectivity index (χ2n) is 6.98. The first-order chi connectivity index (χ1) is 14.7. The quantitative estimate of drug-likeness (QED) is 0.378. The van der Waals surface area contributed by atoms with Gasteiger partial charge in [0.25, 0.3) is 5.56 Å². The van der Waals surface area contributed by atoms with Crippen molar-refractivity contribution in [1.82, 2.24) is 14.5 Å². The lowest BCUT2D eigenvalue weighted by molar-refractivity contribution is -0.116. The van der Waals surface area contributed by atoms with Gasteiger partial charge in [0.2, 0.25) is 5.91 Å². The molecule has 0 N–H and O–H groups in total. The molecule has 1 aliphatic rings. The number of hydrogen-bond donors (Lipinski definition) is 0. The molecule has 4 aromatic rings. The van der Waals surface area contributed by atoms with Crippen LogP contribution in [0.1, 0.15) is 5.56 Å². The molecule has 5 rings (SSSR count). The molecule has 3 heterocycles. The lowest BCUT2D eigenvalue weighted by Crippen LogP contribution is -2.31. The summed E-state index contributed by atoms with van der Waals surface area (Å²) in [5.74, 6) is 0.199. The summed E-state index contributed by atoms with van der Waals surface area (Å²) >= 11 is 1.27. The zero-order valence-corrected chi connectivity index (χ0v) is 16.9. The van der Waals surface area contributed by atoms with Gasteiger partial charge in [0.15, 0.2) is 5.16 Å². The first-order valence-corrected chi connectivity index (χ1v) is 10.6. The molecule has 2 aromatic carbocycles. The van der Waals surface area contributed by atoms with E-state index in [1.807, 2.05) is 47.4 Å². The maximum Gasteiger partial charge on any atom is 0.266 e. The van der Waals surface area contributed by atoms with Gasteiger partial charge in [-0.2, -0.15) is 0 Å². The van der Waals surface area contributed by atoms with Crippen LogP contribution in [-0.4, -0.2) is 32.7 Å². The minimum atomic E-state index is -0.171. The smallest absolute Gasteiger partial charge is 0.266 e. The zero-order valence-electron chi connectivity index (χ0n) is 16.1. The van der Waals surface area contributed by atoms with Gasteiger partial charge < -0.3 is 4.90 Å². The van der Waals surface area contributed by atoms with Crippen LogP contribution in [0, 0.1) is 0 Å². The van der Waals surface area contributed by atoms with Crippen LogP contribution >= 0.6 is 11.8 Å². The average Bonchev–Trinajstić information content (AvgIpc) is 3.22. The van der Waals surface area contributed by atoms with E-state index >= 15 is 0 Å². The molecule has 30 heavy (non-hydrogen) atoms. The third kappa shape index (κ3) is 3.27. The van der Waals surface area contributed by atoms with E-state index < -0.39 is 0 Å². The van der Waals surface area contributed by atoms with Gasteiger partial charge in [-0.25, -0.2) is 4.98 Å². The van der Waals surface area contributed by atoms with Crippen LogP contribution in [0.4, 0.5) is 5.69 Å². The van der Waals surface area contributed by atoms with E-state index in [1.165, 1.54) is 21.9 Å². The molecule has 0 aliphatic carbocycles. The van der Waals surface area contributed by atoms with Crippen LogP contribution in [0.25, 0.3) is 16.6 Å². The Balaban J connectivity index is 1.50. The number of fused-ring (bicyclic) bond motifs is 2. The topological polar surface area (TPSA) is 68.1 Å². The van der Waals surface area contributed by atoms with E-state index in [9.17, 15) is 9.59 Å². The molecule has 0 radical (unpaired) electrons. The van der Waals surface area contributed by atoms with Crippen molar-refractivity contribution < 1.29 is 4.79 Å². The highest BCUT2D eigenvalue weighted by Crippen LogP contribution is 2.29. The molecular formula is C23H18N4O2S. The fraction of sp³-hybridized carbons (Fsp3) is 0.130. The number of amides is 1. The first kappa shape index (κ1) is 18.6. The first-order valence-electron chi connectivity index (χ1n) is 9.65. The maximum atomic E-state index is 13.2. The summed E-state index contributed by atoms with van der Waals surface area (Å²) in [4.78, 5) is 36.8. The Morgan fingerprint density at radius 1 is 1.03 bits per heavy atom. The predicted octanol–water partition coefficient (Wildman–Crippen LogP) is 3.46. The standard InChI is InChI=1S/C23H18N4O2S/c28-21(26-13-11-16-6-1-4-10-20(16)26)15-30-23-25-19-9-3-2-8-18(19)22(29)27(23)17-7-5-12-24-14-17/h1-10,12,14H,11,13,15H2. The Morgan fingerprint density at radius 3 is 2.73 bits per heavy atom. The minimum Gasteiger partial charge on any atom is -0.311 e. The number of hydrogen-bond acceptors (Lipinski definition) is 5. The average molecular weight is 414 g/mol. The molecule has 0 spiro atoms. The Morgan fingerprint density at radius 2 is 1.87 bits per heavy atom. The van der Waals surface area contributed by atoms with Gasteiger partial charge in [0.1, 0.15) is 0 Å². The highest BCUT2D eigenvalue weighted by atomic mass is 32.2. The molecule has 0 saturated carbocycles. The van der Waals surface area contributed by atoms with Crippen molar-refractivity contribution in [2.75, 3.05) is 17.2 Å². The summed E-state index contributed by atoms with van der Waals surface area (Å²) in [6.07, 6.45) is 4.14. The monoisotopic (exact) mass is 414 g/mol. The largest absolute Gasteiger partial charge is 0.311 e. The number of thioether (sulfide) groups is 1. The van der Waals surface area contributed by atoms with Gasteiger partial charge >= 0.3 is 0 Å². The summed E-state index contributed by atoms with van der Waals surface area (Å²) < 4.78 is 1.53. The van der Waals surface area contributed by atoms with Crippen LogP contribution < -0.4 is 10.5 Å². The SMILES string of the molecule is O=C(CSc1nc2ccccc2c(=O)n1-c1cccnc1)N1CCc2ccccc21. The Kier molecular flexibility index (Phi) is 4.80. The van der Waals surface area contributed by atoms with Gasteiger partial charge in [0, 0.05) is 18.4 Å². The van der Waals surface area contributed by atoms with E-state index in [0.717, 1.165) is 12.1 Å². The van der Waals surface area contributed by atoms with Gasteiger partial charge in [-0.3, -0.25) is 19.1 Å². The normalized spacial score (nSPS) is 12.9. The number of nitrogens with zero attached hydrogens (tertiary/aromatic N) is 4. The van der Waals surface area contributed by atoms with Crippen molar-refractivity contribution in [3.8, 4) is 5.69 Å². The number of benzene rings is 2. The molecule has 148 valence electrons. The van der Waals surface area contributed by atoms with Crippen LogP contribution in [-0.2, 0) is 11.2 Å². The van der Waals surface area contributed by atoms with E-state index in [-0.39, 0.29) is 17.2 Å². The summed E-state index contributed by atoms with van der Waals surface area (Å²) in [6, 6.07) is 18.8. The molecule has 7 heteroatoms. The maximum absolute atomic E-state index is 13.2. The van der Waals surface area contributed by atoms with Crippen LogP contribution in [0.15, 0.2) is 83.0 Å². The van der Waals surface area contributed by atoms with Crippen LogP contribution in [0.2, 0.25) is 0 Å². The number of carbonyl (C=O) groups is 1. The number of rotatable bonds is 4. The highest BCUT2D eigenvalue weighted by Gasteiger charge is 2.24. The van der Waals surface area contributed by atoms with Crippen molar-refractivity contribution in [3.05, 3.63) is 89.0 Å². The molecule has 2 aromatic heterocycles. The van der Waals surface area contributed by atoms with Crippen molar-refractivity contribution in [3.63, 3.8) is 0 Å². The number of para-hydroxylation sites is 2. The van der Waals surface area contributed by atoms with Crippen molar-refractivity contribution in [1.29, 1.82) is 0 Å². The Labute approximate surface area is 177 Å². The third-order valence-corrected chi connectivity index (χ3v) is 6.09. The van der Waals surface area contributed by atoms with E-state index in [4.69, 9.17) is 0 Å². The lowest BCUT2D eigenvalue weighted by Gasteiger charge is -2.18. The highest BCUT2D eigenvalue weighted by molar-refractivity contribution is 7.99.